The first-order chi connectivity index (χ1) is 17.5. The quantitative estimate of drug-likeness (QED) is 0.548. The Bertz CT molecular complexity index is 1100. The molecule has 0 spiro atoms. The fourth-order valence-corrected chi connectivity index (χ4v) is 8.13. The van der Waals surface area contributed by atoms with Gasteiger partial charge >= 0.3 is 0 Å². The van der Waals surface area contributed by atoms with E-state index in [0.717, 1.165) is 25.7 Å². The van der Waals surface area contributed by atoms with Crippen LogP contribution in [0, 0.1) is 17.2 Å². The highest BCUT2D eigenvalue weighted by molar-refractivity contribution is 7.89. The fourth-order valence-electron chi connectivity index (χ4n) is 6.19. The average Bonchev–Trinajstić information content (AvgIpc) is 3.79. The Morgan fingerprint density at radius 3 is 2.41 bits per heavy atom. The number of halogens is 1. The van der Waals surface area contributed by atoms with Crippen molar-refractivity contribution in [3.05, 3.63) is 30.1 Å². The van der Waals surface area contributed by atoms with Crippen LogP contribution in [0.3, 0.4) is 0 Å². The van der Waals surface area contributed by atoms with E-state index in [1.165, 1.54) is 24.3 Å². The van der Waals surface area contributed by atoms with Crippen LogP contribution >= 0.6 is 0 Å². The van der Waals surface area contributed by atoms with Gasteiger partial charge in [0.05, 0.1) is 36.8 Å². The Labute approximate surface area is 219 Å². The molecule has 2 saturated carbocycles. The molecule has 2 saturated heterocycles. The first-order valence-electron chi connectivity index (χ1n) is 13.5. The summed E-state index contributed by atoms with van der Waals surface area (Å²) in [7, 11) is -3.89. The van der Waals surface area contributed by atoms with Gasteiger partial charge in [0, 0.05) is 37.6 Å². The van der Waals surface area contributed by atoms with Gasteiger partial charge in [-0.3, -0.25) is 9.69 Å². The third-order valence-electron chi connectivity index (χ3n) is 9.05. The molecular weight excluding hydrogens is 497 g/mol. The second-order valence-electron chi connectivity index (χ2n) is 12.1. The molecular formula is C27H40FN3O5S. The van der Waals surface area contributed by atoms with Crippen LogP contribution in [0.25, 0.3) is 0 Å². The van der Waals surface area contributed by atoms with Gasteiger partial charge in [0.1, 0.15) is 5.82 Å². The normalized spacial score (nSPS) is 29.3. The van der Waals surface area contributed by atoms with E-state index >= 15 is 0 Å². The van der Waals surface area contributed by atoms with Crippen LogP contribution in [0.1, 0.15) is 52.9 Å². The minimum Gasteiger partial charge on any atom is -0.394 e. The van der Waals surface area contributed by atoms with Crippen molar-refractivity contribution in [1.82, 2.24) is 14.1 Å². The number of aliphatic hydroxyl groups is 1. The first kappa shape index (κ1) is 27.0. The van der Waals surface area contributed by atoms with Crippen molar-refractivity contribution in [1.29, 1.82) is 0 Å². The molecule has 0 bridgehead atoms. The maximum absolute atomic E-state index is 14.0. The van der Waals surface area contributed by atoms with E-state index < -0.39 is 27.3 Å². The van der Waals surface area contributed by atoms with Crippen molar-refractivity contribution >= 4 is 15.9 Å². The van der Waals surface area contributed by atoms with Crippen LogP contribution in [-0.4, -0.2) is 96.7 Å². The van der Waals surface area contributed by atoms with Crippen molar-refractivity contribution in [2.24, 2.45) is 11.3 Å². The third-order valence-corrected chi connectivity index (χ3v) is 11.0. The molecule has 5 rings (SSSR count). The second-order valence-corrected chi connectivity index (χ2v) is 14.0. The number of ether oxygens (including phenoxy) is 1. The van der Waals surface area contributed by atoms with Crippen molar-refractivity contribution in [3.8, 4) is 0 Å². The molecule has 0 unspecified atom stereocenters. The summed E-state index contributed by atoms with van der Waals surface area (Å²) in [6.45, 7) is 8.69. The van der Waals surface area contributed by atoms with Crippen LogP contribution in [0.15, 0.2) is 29.2 Å². The van der Waals surface area contributed by atoms with Gasteiger partial charge < -0.3 is 14.7 Å². The molecule has 8 nitrogen and oxygen atoms in total. The van der Waals surface area contributed by atoms with E-state index in [9.17, 15) is 22.7 Å². The molecule has 0 aromatic heterocycles. The molecule has 1 N–H and O–H groups in total. The maximum Gasteiger partial charge on any atom is 0.243 e. The number of amides is 1. The topological polar surface area (TPSA) is 90.4 Å². The van der Waals surface area contributed by atoms with Crippen molar-refractivity contribution < 1.29 is 27.4 Å². The van der Waals surface area contributed by atoms with Gasteiger partial charge in [0.25, 0.3) is 0 Å². The summed E-state index contributed by atoms with van der Waals surface area (Å²) >= 11 is 0. The van der Waals surface area contributed by atoms with E-state index in [2.05, 4.69) is 4.90 Å². The summed E-state index contributed by atoms with van der Waals surface area (Å²) in [5, 5.41) is 9.76. The van der Waals surface area contributed by atoms with Gasteiger partial charge in [-0.1, -0.05) is 0 Å². The summed E-state index contributed by atoms with van der Waals surface area (Å²) < 4.78 is 49.1. The van der Waals surface area contributed by atoms with Crippen molar-refractivity contribution in [2.75, 3.05) is 39.5 Å². The summed E-state index contributed by atoms with van der Waals surface area (Å²) in [5.74, 6) is -0.163. The smallest absolute Gasteiger partial charge is 0.243 e. The van der Waals surface area contributed by atoms with Crippen LogP contribution < -0.4 is 0 Å². The molecule has 4 fully saturated rings. The molecule has 10 heteroatoms. The number of benzene rings is 1. The number of morpholine rings is 1. The van der Waals surface area contributed by atoms with Gasteiger partial charge in [0.2, 0.25) is 15.9 Å². The monoisotopic (exact) mass is 537 g/mol. The predicted octanol–water partition coefficient (Wildman–Crippen LogP) is 2.47. The lowest BCUT2D eigenvalue weighted by molar-refractivity contribution is -0.140. The highest BCUT2D eigenvalue weighted by Crippen LogP contribution is 2.57. The number of carbonyl (C=O) groups excluding carboxylic acids is 1. The average molecular weight is 538 g/mol. The lowest BCUT2D eigenvalue weighted by Crippen LogP contribution is -2.61. The van der Waals surface area contributed by atoms with E-state index in [4.69, 9.17) is 4.74 Å². The number of rotatable bonds is 8. The number of piperazine rings is 1. The molecule has 4 aliphatic rings. The Hall–Kier alpha value is -1.59. The van der Waals surface area contributed by atoms with Crippen molar-refractivity contribution in [3.63, 3.8) is 0 Å². The lowest BCUT2D eigenvalue weighted by atomic mass is 9.89. The number of nitrogens with zero attached hydrogens (tertiary/aromatic N) is 3. The van der Waals surface area contributed by atoms with E-state index in [0.29, 0.717) is 32.7 Å². The maximum atomic E-state index is 14.0. The number of hydrogen-bond donors (Lipinski definition) is 1. The Kier molecular flexibility index (Phi) is 7.19. The molecule has 2 heterocycles. The zero-order chi connectivity index (χ0) is 26.6. The van der Waals surface area contributed by atoms with Crippen LogP contribution in [0.2, 0.25) is 0 Å². The molecule has 37 heavy (non-hydrogen) atoms. The lowest BCUT2D eigenvalue weighted by Gasteiger charge is -2.47. The van der Waals surface area contributed by atoms with Crippen LogP contribution in [-0.2, 0) is 19.6 Å². The first-order valence-corrected chi connectivity index (χ1v) is 14.9. The summed E-state index contributed by atoms with van der Waals surface area (Å²) in [4.78, 5) is 17.9. The number of hydrogen-bond acceptors (Lipinski definition) is 6. The van der Waals surface area contributed by atoms with Gasteiger partial charge in [-0.25, -0.2) is 12.8 Å². The summed E-state index contributed by atoms with van der Waals surface area (Å²) in [6, 6.07) is 4.36. The highest BCUT2D eigenvalue weighted by Gasteiger charge is 2.59. The van der Waals surface area contributed by atoms with Crippen molar-refractivity contribution in [2.45, 2.75) is 81.4 Å². The summed E-state index contributed by atoms with van der Waals surface area (Å²) in [6.07, 6.45) is 3.79. The zero-order valence-corrected chi connectivity index (χ0v) is 22.9. The van der Waals surface area contributed by atoms with Gasteiger partial charge in [0.15, 0.2) is 0 Å². The fraction of sp³-hybridized carbons (Fsp3) is 0.741. The highest BCUT2D eigenvalue weighted by atomic mass is 32.2. The van der Waals surface area contributed by atoms with Crippen LogP contribution in [0.5, 0.6) is 0 Å². The summed E-state index contributed by atoms with van der Waals surface area (Å²) in [5.41, 5.74) is -0.785. The largest absolute Gasteiger partial charge is 0.394 e. The zero-order valence-electron chi connectivity index (χ0n) is 22.1. The Balaban J connectivity index is 1.36. The van der Waals surface area contributed by atoms with Gasteiger partial charge in [-0.05, 0) is 82.1 Å². The molecule has 1 aromatic carbocycles. The molecule has 2 aliphatic heterocycles. The Morgan fingerprint density at radius 2 is 1.84 bits per heavy atom. The molecule has 0 radical (unpaired) electrons. The molecule has 206 valence electrons. The van der Waals surface area contributed by atoms with Crippen LogP contribution in [0.4, 0.5) is 4.39 Å². The van der Waals surface area contributed by atoms with Gasteiger partial charge in [-0.2, -0.15) is 4.31 Å². The number of sulfonamides is 1. The van der Waals surface area contributed by atoms with E-state index in [-0.39, 0.29) is 47.6 Å². The number of carbonyl (C=O) groups is 1. The minimum atomic E-state index is -3.89. The van der Waals surface area contributed by atoms with E-state index in [1.807, 2.05) is 25.7 Å². The molecule has 1 amide bonds. The molecule has 3 atom stereocenters. The molecule has 1 aromatic rings. The SMILES string of the molecule is C[C@H]1CN(C(C)(C)CO)CCN1C(=O)CC1([C@H]2COC[C@@H](C3CC3)N2S(=O)(=O)c2ccc(F)cc2)CC1. The standard InChI is InChI=1S/C27H40FN3O5S/c1-19-15-29(26(2,3)18-32)12-13-30(19)25(33)14-27(10-11-27)24-17-36-16-23(20-4-5-20)31(24)37(34,35)22-8-6-21(28)7-9-22/h6-9,19-20,23-24,32H,4-5,10-18H2,1-3H3/t19-,23-,24+/m0/s1. The predicted molar refractivity (Wildman–Crippen MR) is 137 cm³/mol. The second kappa shape index (κ2) is 9.86. The number of aliphatic hydroxyl groups excluding tert-OH is 1. The minimum absolute atomic E-state index is 0.00347. The third kappa shape index (κ3) is 5.20. The Morgan fingerprint density at radius 1 is 1.16 bits per heavy atom. The van der Waals surface area contributed by atoms with E-state index in [1.54, 1.807) is 4.31 Å². The molecule has 2 aliphatic carbocycles. The van der Waals surface area contributed by atoms with Gasteiger partial charge in [-0.15, -0.1) is 0 Å².